The van der Waals surface area contributed by atoms with Gasteiger partial charge in [0.2, 0.25) is 0 Å². The number of carboxylic acids is 1. The molecular weight excluding hydrogens is 448 g/mol. The van der Waals surface area contributed by atoms with Gasteiger partial charge in [0.05, 0.1) is 36.4 Å². The minimum atomic E-state index is -1.11. The Kier molecular flexibility index (Phi) is 7.47. The molecule has 2 heterocycles. The maximum atomic E-state index is 12.6. The molecule has 0 saturated heterocycles. The molecule has 0 fully saturated rings. The lowest BCUT2D eigenvalue weighted by molar-refractivity contribution is -0.146. The molecule has 9 nitrogen and oxygen atoms in total. The number of hydrogen-bond acceptors (Lipinski definition) is 7. The lowest BCUT2D eigenvalue weighted by Crippen LogP contribution is -2.32. The molecule has 2 aromatic carbocycles. The number of pyridine rings is 1. The molecule has 4 aromatic rings. The third-order valence-electron chi connectivity index (χ3n) is 6.01. The molecule has 0 aliphatic carbocycles. The van der Waals surface area contributed by atoms with Crippen LogP contribution in [0, 0.1) is 5.92 Å². The summed E-state index contributed by atoms with van der Waals surface area (Å²) < 4.78 is 6.28. The summed E-state index contributed by atoms with van der Waals surface area (Å²) in [4.78, 5) is 28.8. The lowest BCUT2D eigenvalue weighted by Gasteiger charge is -2.19. The number of hydrogen-bond donors (Lipinski definition) is 2. The molecule has 0 saturated carbocycles. The number of aliphatic carboxylic acids is 1. The first-order valence-corrected chi connectivity index (χ1v) is 11.3. The summed E-state index contributed by atoms with van der Waals surface area (Å²) in [7, 11) is 1.59. The number of aromatic nitrogens is 4. The summed E-state index contributed by atoms with van der Waals surface area (Å²) in [5, 5.41) is 28.6. The number of nitrogens with zero attached hydrogens (tertiary/aromatic N) is 4. The molecule has 0 amide bonds. The molecule has 35 heavy (non-hydrogen) atoms. The number of carbonyl (C=O) groups is 1. The van der Waals surface area contributed by atoms with Gasteiger partial charge in [0, 0.05) is 12.1 Å². The number of fused-ring (bicyclic) bond motifs is 1. The number of rotatable bonds is 10. The Bertz CT molecular complexity index is 1350. The van der Waals surface area contributed by atoms with Gasteiger partial charge < -0.3 is 14.9 Å². The highest BCUT2D eigenvalue weighted by molar-refractivity contribution is 5.76. The van der Waals surface area contributed by atoms with Gasteiger partial charge in [-0.2, -0.15) is 0 Å². The second kappa shape index (κ2) is 10.9. The van der Waals surface area contributed by atoms with Crippen LogP contribution in [0.2, 0.25) is 0 Å². The van der Waals surface area contributed by atoms with E-state index in [1.807, 2.05) is 36.4 Å². The van der Waals surface area contributed by atoms with Crippen LogP contribution < -0.4 is 10.3 Å². The number of aryl methyl sites for hydroxylation is 2. The Morgan fingerprint density at radius 3 is 2.51 bits per heavy atom. The van der Waals surface area contributed by atoms with E-state index in [0.717, 1.165) is 21.5 Å². The number of ether oxygens (including phenoxy) is 1. The van der Waals surface area contributed by atoms with Gasteiger partial charge in [-0.25, -0.2) is 4.68 Å². The maximum absolute atomic E-state index is 12.6. The van der Waals surface area contributed by atoms with E-state index in [1.54, 1.807) is 37.6 Å². The molecule has 2 atom stereocenters. The van der Waals surface area contributed by atoms with Crippen molar-refractivity contribution in [2.24, 2.45) is 5.92 Å². The fourth-order valence-electron chi connectivity index (χ4n) is 3.94. The number of methoxy groups -OCH3 is 1. The number of benzene rings is 2. The van der Waals surface area contributed by atoms with Gasteiger partial charge >= 0.3 is 5.97 Å². The summed E-state index contributed by atoms with van der Waals surface area (Å²) in [5.41, 5.74) is 2.89. The van der Waals surface area contributed by atoms with Crippen LogP contribution >= 0.6 is 0 Å². The van der Waals surface area contributed by atoms with Crippen molar-refractivity contribution in [1.29, 1.82) is 0 Å². The molecule has 9 heteroatoms. The zero-order valence-corrected chi connectivity index (χ0v) is 19.2. The van der Waals surface area contributed by atoms with E-state index in [-0.39, 0.29) is 24.9 Å². The van der Waals surface area contributed by atoms with Crippen molar-refractivity contribution in [2.45, 2.75) is 31.9 Å². The largest absolute Gasteiger partial charge is 0.495 e. The molecule has 2 aromatic heterocycles. The molecule has 0 aliphatic heterocycles. The second-order valence-corrected chi connectivity index (χ2v) is 8.25. The standard InChI is InChI=1S/C26H26N4O5/c1-35-19-11-12-22(27-16-19)18-9-6-17(7-10-18)8-13-24(31)21(26(33)34)14-15-30-25(32)20-4-2-3-5-23(20)28-29-30/h2-7,9-12,16,21,24,31H,8,13-15H2,1H3,(H,33,34)/t21-,24-/m1/s1. The first-order chi connectivity index (χ1) is 17.0. The molecule has 0 unspecified atom stereocenters. The highest BCUT2D eigenvalue weighted by Gasteiger charge is 2.26. The third-order valence-corrected chi connectivity index (χ3v) is 6.01. The van der Waals surface area contributed by atoms with Crippen molar-refractivity contribution in [3.05, 3.63) is 82.8 Å². The Morgan fingerprint density at radius 1 is 1.06 bits per heavy atom. The summed E-state index contributed by atoms with van der Waals surface area (Å²) in [5.74, 6) is -1.46. The van der Waals surface area contributed by atoms with Crippen molar-refractivity contribution in [1.82, 2.24) is 20.0 Å². The Balaban J connectivity index is 1.36. The fraction of sp³-hybridized carbons (Fsp3) is 0.269. The fourth-order valence-corrected chi connectivity index (χ4v) is 3.94. The molecule has 0 bridgehead atoms. The monoisotopic (exact) mass is 474 g/mol. The number of aliphatic hydroxyl groups excluding tert-OH is 1. The van der Waals surface area contributed by atoms with Crippen LogP contribution in [0.25, 0.3) is 22.2 Å². The Hall–Kier alpha value is -4.11. The molecule has 4 rings (SSSR count). The third kappa shape index (κ3) is 5.70. The first-order valence-electron chi connectivity index (χ1n) is 11.3. The summed E-state index contributed by atoms with van der Waals surface area (Å²) in [6.07, 6.45) is 1.43. The van der Waals surface area contributed by atoms with E-state index < -0.39 is 18.0 Å². The summed E-state index contributed by atoms with van der Waals surface area (Å²) >= 11 is 0. The number of carboxylic acid groups (broad SMARTS) is 1. The average molecular weight is 475 g/mol. The highest BCUT2D eigenvalue weighted by Crippen LogP contribution is 2.22. The molecule has 180 valence electrons. The minimum absolute atomic E-state index is 0.0499. The zero-order valence-electron chi connectivity index (χ0n) is 19.2. The maximum Gasteiger partial charge on any atom is 0.309 e. The van der Waals surface area contributed by atoms with Gasteiger partial charge in [-0.15, -0.1) is 5.10 Å². The predicted octanol–water partition coefficient (Wildman–Crippen LogP) is 2.95. The molecular formula is C26H26N4O5. The Morgan fingerprint density at radius 2 is 1.83 bits per heavy atom. The minimum Gasteiger partial charge on any atom is -0.495 e. The van der Waals surface area contributed by atoms with Crippen LogP contribution in [0.3, 0.4) is 0 Å². The van der Waals surface area contributed by atoms with Gasteiger partial charge in [0.25, 0.3) is 5.56 Å². The van der Waals surface area contributed by atoms with Crippen LogP contribution in [0.15, 0.2) is 71.7 Å². The van der Waals surface area contributed by atoms with Gasteiger partial charge in [-0.1, -0.05) is 41.6 Å². The first kappa shape index (κ1) is 24.0. The zero-order chi connectivity index (χ0) is 24.8. The van der Waals surface area contributed by atoms with E-state index >= 15 is 0 Å². The Labute approximate surface area is 201 Å². The van der Waals surface area contributed by atoms with Crippen molar-refractivity contribution >= 4 is 16.9 Å². The smallest absolute Gasteiger partial charge is 0.309 e. The normalized spacial score (nSPS) is 12.9. The summed E-state index contributed by atoms with van der Waals surface area (Å²) in [6.45, 7) is 0.0499. The number of aliphatic hydroxyl groups is 1. The van der Waals surface area contributed by atoms with Gasteiger partial charge in [0.15, 0.2) is 0 Å². The van der Waals surface area contributed by atoms with Gasteiger partial charge in [0.1, 0.15) is 11.3 Å². The molecule has 0 radical (unpaired) electrons. The second-order valence-electron chi connectivity index (χ2n) is 8.25. The van der Waals surface area contributed by atoms with Crippen LogP contribution in [0.1, 0.15) is 18.4 Å². The van der Waals surface area contributed by atoms with E-state index in [4.69, 9.17) is 4.74 Å². The van der Waals surface area contributed by atoms with E-state index in [1.165, 1.54) is 0 Å². The van der Waals surface area contributed by atoms with Crippen molar-refractivity contribution < 1.29 is 19.7 Å². The average Bonchev–Trinajstić information content (AvgIpc) is 2.89. The van der Waals surface area contributed by atoms with E-state index in [9.17, 15) is 19.8 Å². The van der Waals surface area contributed by atoms with Crippen LogP contribution in [0.5, 0.6) is 5.75 Å². The van der Waals surface area contributed by atoms with Gasteiger partial charge in [-0.05, 0) is 49.1 Å². The van der Waals surface area contributed by atoms with Gasteiger partial charge in [-0.3, -0.25) is 14.6 Å². The highest BCUT2D eigenvalue weighted by atomic mass is 16.5. The summed E-state index contributed by atoms with van der Waals surface area (Å²) in [6, 6.07) is 18.3. The van der Waals surface area contributed by atoms with E-state index in [0.29, 0.717) is 23.1 Å². The lowest BCUT2D eigenvalue weighted by atomic mass is 9.93. The molecule has 2 N–H and O–H groups in total. The molecule has 0 aliphatic rings. The van der Waals surface area contributed by atoms with Crippen LogP contribution in [-0.4, -0.2) is 49.4 Å². The quantitative estimate of drug-likeness (QED) is 0.359. The van der Waals surface area contributed by atoms with Crippen molar-refractivity contribution in [3.63, 3.8) is 0 Å². The van der Waals surface area contributed by atoms with Crippen LogP contribution in [0.4, 0.5) is 0 Å². The SMILES string of the molecule is COc1ccc(-c2ccc(CC[C@@H](O)[C@@H](CCn3nnc4ccccc4c3=O)C(=O)O)cc2)nc1. The van der Waals surface area contributed by atoms with Crippen LogP contribution in [-0.2, 0) is 17.8 Å². The van der Waals surface area contributed by atoms with Crippen molar-refractivity contribution in [2.75, 3.05) is 7.11 Å². The predicted molar refractivity (Wildman–Crippen MR) is 130 cm³/mol. The van der Waals surface area contributed by atoms with Crippen molar-refractivity contribution in [3.8, 4) is 17.0 Å². The molecule has 0 spiro atoms. The topological polar surface area (TPSA) is 127 Å². The van der Waals surface area contributed by atoms with E-state index in [2.05, 4.69) is 15.3 Å².